The minimum atomic E-state index is -1.16. The third-order valence-electron chi connectivity index (χ3n) is 2.34. The van der Waals surface area contributed by atoms with Crippen molar-refractivity contribution in [3.63, 3.8) is 0 Å². The van der Waals surface area contributed by atoms with Crippen LogP contribution in [0.2, 0.25) is 0 Å². The monoisotopic (exact) mass is 292 g/mol. The van der Waals surface area contributed by atoms with Crippen molar-refractivity contribution in [2.24, 2.45) is 10.8 Å². The van der Waals surface area contributed by atoms with E-state index >= 15 is 0 Å². The van der Waals surface area contributed by atoms with Gasteiger partial charge in [0.1, 0.15) is 0 Å². The topological polar surface area (TPSA) is 149 Å². The van der Waals surface area contributed by atoms with Crippen LogP contribution in [0, 0.1) is 10.8 Å². The van der Waals surface area contributed by atoms with Crippen molar-refractivity contribution in [1.82, 2.24) is 0 Å². The normalized spacial score (nSPS) is 11.0. The van der Waals surface area contributed by atoms with Crippen molar-refractivity contribution in [2.75, 3.05) is 0 Å². The van der Waals surface area contributed by atoms with E-state index < -0.39 is 34.7 Å². The van der Waals surface area contributed by atoms with Crippen molar-refractivity contribution in [1.29, 1.82) is 0 Å². The first kappa shape index (κ1) is 20.2. The highest BCUT2D eigenvalue weighted by molar-refractivity contribution is 5.81. The molecular weight excluding hydrogens is 272 g/mol. The highest BCUT2D eigenvalue weighted by Crippen LogP contribution is 2.20. The summed E-state index contributed by atoms with van der Waals surface area (Å²) in [5.41, 5.74) is -2.32. The maximum absolute atomic E-state index is 10.3. The van der Waals surface area contributed by atoms with Gasteiger partial charge >= 0.3 is 23.9 Å². The Hall–Kier alpha value is -2.12. The summed E-state index contributed by atoms with van der Waals surface area (Å²) in [6.45, 7) is 5.51. The fraction of sp³-hybridized carbons (Fsp3) is 0.667. The molecule has 0 rings (SSSR count). The number of carboxylic acid groups (broad SMARTS) is 4. The lowest BCUT2D eigenvalue weighted by atomic mass is 9.90. The number of carbonyl (C=O) groups is 4. The van der Waals surface area contributed by atoms with Crippen LogP contribution in [0.3, 0.4) is 0 Å². The predicted octanol–water partition coefficient (Wildman–Crippen LogP) is 1.14. The molecule has 0 amide bonds. The zero-order valence-corrected chi connectivity index (χ0v) is 11.8. The molecule has 4 N–H and O–H groups in total. The van der Waals surface area contributed by atoms with Gasteiger partial charge in [0, 0.05) is 0 Å². The smallest absolute Gasteiger partial charge is 0.309 e. The first-order valence-corrected chi connectivity index (χ1v) is 5.63. The molecule has 0 aliphatic carbocycles. The number of rotatable bonds is 6. The second kappa shape index (κ2) is 7.46. The maximum atomic E-state index is 10.3. The maximum Gasteiger partial charge on any atom is 0.309 e. The summed E-state index contributed by atoms with van der Waals surface area (Å²) >= 11 is 0. The van der Waals surface area contributed by atoms with E-state index in [1.165, 1.54) is 27.7 Å². The summed E-state index contributed by atoms with van der Waals surface area (Å²) in [6, 6.07) is 0. The van der Waals surface area contributed by atoms with E-state index in [0.29, 0.717) is 0 Å². The molecular formula is C12H20O8. The number of aliphatic carboxylic acids is 4. The summed E-state index contributed by atoms with van der Waals surface area (Å²) in [6.07, 6.45) is -0.690. The van der Waals surface area contributed by atoms with Gasteiger partial charge in [-0.1, -0.05) is 0 Å². The van der Waals surface area contributed by atoms with Crippen LogP contribution in [0.5, 0.6) is 0 Å². The molecule has 0 bridgehead atoms. The first-order chi connectivity index (χ1) is 8.72. The third kappa shape index (κ3) is 8.90. The molecule has 0 aliphatic rings. The summed E-state index contributed by atoms with van der Waals surface area (Å²) < 4.78 is 0. The van der Waals surface area contributed by atoms with Crippen molar-refractivity contribution in [3.05, 3.63) is 0 Å². The fourth-order valence-corrected chi connectivity index (χ4v) is 0.907. The van der Waals surface area contributed by atoms with E-state index in [1.54, 1.807) is 0 Å². The van der Waals surface area contributed by atoms with Gasteiger partial charge in [0.25, 0.3) is 0 Å². The van der Waals surface area contributed by atoms with Gasteiger partial charge in [-0.25, -0.2) is 0 Å². The Kier molecular flexibility index (Phi) is 7.54. The second-order valence-electron chi connectivity index (χ2n) is 5.52. The van der Waals surface area contributed by atoms with Crippen molar-refractivity contribution < 1.29 is 39.6 Å². The summed E-state index contributed by atoms with van der Waals surface area (Å²) in [5.74, 6) is -4.36. The molecule has 8 heteroatoms. The van der Waals surface area contributed by atoms with E-state index in [4.69, 9.17) is 20.4 Å². The van der Waals surface area contributed by atoms with Crippen LogP contribution in [0.25, 0.3) is 0 Å². The minimum absolute atomic E-state index is 0.345. The van der Waals surface area contributed by atoms with E-state index in [0.717, 1.165) is 0 Å². The summed E-state index contributed by atoms with van der Waals surface area (Å²) in [7, 11) is 0. The van der Waals surface area contributed by atoms with Crippen LogP contribution in [0.15, 0.2) is 0 Å². The van der Waals surface area contributed by atoms with E-state index in [9.17, 15) is 19.2 Å². The van der Waals surface area contributed by atoms with E-state index in [-0.39, 0.29) is 12.8 Å². The number of carboxylic acids is 4. The standard InChI is InChI=1S/2C6H10O4/c2*1-6(2,5(9)10)3-4(7)8/h2*3H2,1-2H3,(H,7,8)(H,9,10). The molecule has 0 saturated carbocycles. The molecule has 0 saturated heterocycles. The predicted molar refractivity (Wildman–Crippen MR) is 67.3 cm³/mol. The van der Waals surface area contributed by atoms with Gasteiger partial charge in [-0.05, 0) is 27.7 Å². The van der Waals surface area contributed by atoms with E-state index in [1.807, 2.05) is 0 Å². The molecule has 0 atom stereocenters. The van der Waals surface area contributed by atoms with E-state index in [2.05, 4.69) is 0 Å². The fourth-order valence-electron chi connectivity index (χ4n) is 0.907. The molecule has 0 heterocycles. The Bertz CT molecular complexity index is 356. The number of hydrogen-bond acceptors (Lipinski definition) is 4. The van der Waals surface area contributed by atoms with Crippen LogP contribution in [0.1, 0.15) is 40.5 Å². The molecule has 0 spiro atoms. The molecule has 0 fully saturated rings. The average Bonchev–Trinajstić information content (AvgIpc) is 2.13. The quantitative estimate of drug-likeness (QED) is 0.569. The lowest BCUT2D eigenvalue weighted by Crippen LogP contribution is -2.26. The van der Waals surface area contributed by atoms with Gasteiger partial charge in [0.15, 0.2) is 0 Å². The Labute approximate surface area is 116 Å². The highest BCUT2D eigenvalue weighted by atomic mass is 16.4. The molecule has 0 aromatic carbocycles. The molecule has 116 valence electrons. The number of hydrogen-bond donors (Lipinski definition) is 4. The van der Waals surface area contributed by atoms with Crippen molar-refractivity contribution in [2.45, 2.75) is 40.5 Å². The Morgan fingerprint density at radius 2 is 0.850 bits per heavy atom. The van der Waals surface area contributed by atoms with Crippen LogP contribution in [-0.2, 0) is 19.2 Å². The summed E-state index contributed by atoms with van der Waals surface area (Å²) in [4.78, 5) is 40.7. The van der Waals surface area contributed by atoms with Gasteiger partial charge in [-0.2, -0.15) is 0 Å². The zero-order chi connectivity index (χ0) is 16.7. The lowest BCUT2D eigenvalue weighted by Gasteiger charge is -2.14. The third-order valence-corrected chi connectivity index (χ3v) is 2.34. The highest BCUT2D eigenvalue weighted by Gasteiger charge is 2.30. The van der Waals surface area contributed by atoms with Gasteiger partial charge in [-0.15, -0.1) is 0 Å². The lowest BCUT2D eigenvalue weighted by molar-refractivity contribution is -0.153. The minimum Gasteiger partial charge on any atom is -0.481 e. The Morgan fingerprint density at radius 3 is 0.900 bits per heavy atom. The van der Waals surface area contributed by atoms with Crippen LogP contribution in [-0.4, -0.2) is 44.3 Å². The molecule has 0 unspecified atom stereocenters. The Morgan fingerprint density at radius 1 is 0.650 bits per heavy atom. The van der Waals surface area contributed by atoms with Crippen molar-refractivity contribution in [3.8, 4) is 0 Å². The SMILES string of the molecule is CC(C)(CC(=O)O)C(=O)O.CC(C)(CC(=O)O)C(=O)O. The molecule has 20 heavy (non-hydrogen) atoms. The van der Waals surface area contributed by atoms with Gasteiger partial charge in [-0.3, -0.25) is 19.2 Å². The molecule has 0 aromatic rings. The van der Waals surface area contributed by atoms with Gasteiger partial charge < -0.3 is 20.4 Å². The second-order valence-corrected chi connectivity index (χ2v) is 5.52. The molecule has 0 aromatic heterocycles. The van der Waals surface area contributed by atoms with Crippen molar-refractivity contribution >= 4 is 23.9 Å². The van der Waals surface area contributed by atoms with Gasteiger partial charge in [0.05, 0.1) is 23.7 Å². The molecule has 0 radical (unpaired) electrons. The zero-order valence-electron chi connectivity index (χ0n) is 11.8. The van der Waals surface area contributed by atoms with Gasteiger partial charge in [0.2, 0.25) is 0 Å². The summed E-state index contributed by atoms with van der Waals surface area (Å²) in [5, 5.41) is 33.3. The average molecular weight is 292 g/mol. The van der Waals surface area contributed by atoms with Crippen LogP contribution in [0.4, 0.5) is 0 Å². The van der Waals surface area contributed by atoms with Crippen LogP contribution < -0.4 is 0 Å². The van der Waals surface area contributed by atoms with Crippen LogP contribution >= 0.6 is 0 Å². The largest absolute Gasteiger partial charge is 0.481 e. The molecule has 0 aliphatic heterocycles. The first-order valence-electron chi connectivity index (χ1n) is 5.63. The Balaban J connectivity index is 0. The molecule has 8 nitrogen and oxygen atoms in total.